The van der Waals surface area contributed by atoms with E-state index in [1.165, 1.54) is 7.11 Å². The number of hydrogen-bond donors (Lipinski definition) is 2. The molecule has 3 aromatic rings. The van der Waals surface area contributed by atoms with E-state index >= 15 is 0 Å². The maximum atomic E-state index is 11.6. The lowest BCUT2D eigenvalue weighted by Gasteiger charge is -2.12. The molecule has 0 aliphatic heterocycles. The lowest BCUT2D eigenvalue weighted by Crippen LogP contribution is -2.08. The molecule has 2 N–H and O–H groups in total. The first-order valence-electron chi connectivity index (χ1n) is 7.19. The van der Waals surface area contributed by atoms with Gasteiger partial charge < -0.3 is 19.9 Å². The smallest absolute Gasteiger partial charge is 0.337 e. The van der Waals surface area contributed by atoms with Gasteiger partial charge in [0.25, 0.3) is 0 Å². The Kier molecular flexibility index (Phi) is 3.89. The van der Waals surface area contributed by atoms with Crippen LogP contribution in [0.25, 0.3) is 11.0 Å². The number of ether oxygens (including phenoxy) is 1. The molecule has 23 heavy (non-hydrogen) atoms. The number of hydrogen-bond acceptors (Lipinski definition) is 5. The molecule has 0 atom stereocenters. The van der Waals surface area contributed by atoms with Crippen molar-refractivity contribution in [2.45, 2.75) is 0 Å². The maximum absolute atomic E-state index is 11.6. The number of esters is 1. The molecule has 6 nitrogen and oxygen atoms in total. The van der Waals surface area contributed by atoms with Gasteiger partial charge in [0.1, 0.15) is 0 Å². The fourth-order valence-electron chi connectivity index (χ4n) is 2.29. The molecule has 0 aliphatic rings. The van der Waals surface area contributed by atoms with E-state index in [0.29, 0.717) is 11.5 Å². The summed E-state index contributed by atoms with van der Waals surface area (Å²) in [5.74, 6) is 0.259. The number of aromatic nitrogens is 2. The minimum absolute atomic E-state index is 0.365. The van der Waals surface area contributed by atoms with Gasteiger partial charge in [-0.25, -0.2) is 9.78 Å². The molecule has 2 aromatic carbocycles. The predicted molar refractivity (Wildman–Crippen MR) is 91.5 cm³/mol. The first-order valence-corrected chi connectivity index (χ1v) is 7.19. The number of fused-ring (bicyclic) bond motifs is 1. The Morgan fingerprint density at radius 3 is 2.57 bits per heavy atom. The summed E-state index contributed by atoms with van der Waals surface area (Å²) in [5.41, 5.74) is 4.11. The number of carbonyl (C=O) groups excluding carboxylic acids is 1. The number of carbonyl (C=O) groups is 1. The molecule has 0 spiro atoms. The van der Waals surface area contributed by atoms with E-state index in [1.54, 1.807) is 18.2 Å². The Morgan fingerprint density at radius 1 is 1.17 bits per heavy atom. The molecule has 0 aliphatic carbocycles. The molecule has 0 fully saturated rings. The lowest BCUT2D eigenvalue weighted by molar-refractivity contribution is 0.0601. The van der Waals surface area contributed by atoms with Crippen LogP contribution in [-0.4, -0.2) is 37.1 Å². The number of nitrogens with zero attached hydrogens (tertiary/aromatic N) is 2. The number of imidazole rings is 1. The number of rotatable bonds is 4. The number of aromatic amines is 1. The number of H-pyrrole nitrogens is 1. The SMILES string of the molecule is COC(=O)c1ccc2nc(Nc3ccc(N(C)C)cc3)[nH]c2c1. The van der Waals surface area contributed by atoms with E-state index in [0.717, 1.165) is 22.4 Å². The Bertz CT molecular complexity index is 837. The summed E-state index contributed by atoms with van der Waals surface area (Å²) in [6, 6.07) is 13.3. The van der Waals surface area contributed by atoms with Crippen molar-refractivity contribution < 1.29 is 9.53 Å². The Balaban J connectivity index is 1.84. The third kappa shape index (κ3) is 3.11. The van der Waals surface area contributed by atoms with Crippen LogP contribution in [0.4, 0.5) is 17.3 Å². The normalized spacial score (nSPS) is 10.6. The Labute approximate surface area is 134 Å². The molecule has 0 unspecified atom stereocenters. The van der Waals surface area contributed by atoms with Crippen LogP contribution in [-0.2, 0) is 4.74 Å². The van der Waals surface area contributed by atoms with Crippen molar-refractivity contribution in [1.29, 1.82) is 0 Å². The van der Waals surface area contributed by atoms with Crippen LogP contribution in [0.2, 0.25) is 0 Å². The van der Waals surface area contributed by atoms with Crippen LogP contribution in [0.15, 0.2) is 42.5 Å². The second kappa shape index (κ2) is 6.00. The minimum Gasteiger partial charge on any atom is -0.465 e. The summed E-state index contributed by atoms with van der Waals surface area (Å²) < 4.78 is 4.73. The van der Waals surface area contributed by atoms with Crippen LogP contribution in [0, 0.1) is 0 Å². The summed E-state index contributed by atoms with van der Waals surface area (Å²) in [6.45, 7) is 0. The van der Waals surface area contributed by atoms with Crippen LogP contribution < -0.4 is 10.2 Å². The molecular formula is C17H18N4O2. The van der Waals surface area contributed by atoms with Crippen molar-refractivity contribution in [3.05, 3.63) is 48.0 Å². The molecule has 6 heteroatoms. The third-order valence-corrected chi connectivity index (χ3v) is 3.55. The van der Waals surface area contributed by atoms with E-state index < -0.39 is 0 Å². The van der Waals surface area contributed by atoms with Crippen LogP contribution in [0.3, 0.4) is 0 Å². The first-order chi connectivity index (χ1) is 11.1. The largest absolute Gasteiger partial charge is 0.465 e. The van der Waals surface area contributed by atoms with Gasteiger partial charge in [0.2, 0.25) is 5.95 Å². The predicted octanol–water partition coefficient (Wildman–Crippen LogP) is 3.16. The number of anilines is 3. The average Bonchev–Trinajstić information content (AvgIpc) is 2.95. The van der Waals surface area contributed by atoms with Gasteiger partial charge in [0.15, 0.2) is 0 Å². The second-order valence-electron chi connectivity index (χ2n) is 5.38. The molecule has 0 radical (unpaired) electrons. The van der Waals surface area contributed by atoms with Crippen molar-refractivity contribution in [1.82, 2.24) is 9.97 Å². The number of nitrogens with one attached hydrogen (secondary N) is 2. The second-order valence-corrected chi connectivity index (χ2v) is 5.38. The van der Waals surface area contributed by atoms with Crippen LogP contribution in [0.1, 0.15) is 10.4 Å². The third-order valence-electron chi connectivity index (χ3n) is 3.55. The van der Waals surface area contributed by atoms with E-state index in [2.05, 4.69) is 15.3 Å². The van der Waals surface area contributed by atoms with Gasteiger partial charge in [-0.2, -0.15) is 0 Å². The quantitative estimate of drug-likeness (QED) is 0.724. The van der Waals surface area contributed by atoms with Crippen molar-refractivity contribution in [3.63, 3.8) is 0 Å². The zero-order chi connectivity index (χ0) is 16.4. The monoisotopic (exact) mass is 310 g/mol. The van der Waals surface area contributed by atoms with E-state index in [9.17, 15) is 4.79 Å². The number of methoxy groups -OCH3 is 1. The zero-order valence-corrected chi connectivity index (χ0v) is 13.3. The summed E-state index contributed by atoms with van der Waals surface area (Å²) >= 11 is 0. The van der Waals surface area contributed by atoms with E-state index in [1.807, 2.05) is 43.3 Å². The highest BCUT2D eigenvalue weighted by atomic mass is 16.5. The zero-order valence-electron chi connectivity index (χ0n) is 13.3. The van der Waals surface area contributed by atoms with Crippen LogP contribution in [0.5, 0.6) is 0 Å². The molecule has 0 saturated carbocycles. The summed E-state index contributed by atoms with van der Waals surface area (Å²) in [7, 11) is 5.37. The lowest BCUT2D eigenvalue weighted by atomic mass is 10.2. The first kappa shape index (κ1) is 14.9. The Morgan fingerprint density at radius 2 is 1.91 bits per heavy atom. The van der Waals surface area contributed by atoms with Gasteiger partial charge >= 0.3 is 5.97 Å². The van der Waals surface area contributed by atoms with Gasteiger partial charge in [-0.3, -0.25) is 0 Å². The highest BCUT2D eigenvalue weighted by molar-refractivity contribution is 5.94. The molecule has 1 heterocycles. The summed E-state index contributed by atoms with van der Waals surface area (Å²) in [5, 5.41) is 3.22. The van der Waals surface area contributed by atoms with E-state index in [-0.39, 0.29) is 5.97 Å². The van der Waals surface area contributed by atoms with Gasteiger partial charge in [-0.15, -0.1) is 0 Å². The van der Waals surface area contributed by atoms with Crippen molar-refractivity contribution >= 4 is 34.3 Å². The van der Waals surface area contributed by atoms with Gasteiger partial charge in [-0.1, -0.05) is 0 Å². The molecule has 0 amide bonds. The molecule has 3 rings (SSSR count). The number of benzene rings is 2. The van der Waals surface area contributed by atoms with Gasteiger partial charge in [0, 0.05) is 25.5 Å². The highest BCUT2D eigenvalue weighted by Gasteiger charge is 2.09. The standard InChI is InChI=1S/C17H18N4O2/c1-21(2)13-7-5-12(6-8-13)18-17-19-14-9-4-11(16(22)23-3)10-15(14)20-17/h4-10H,1-3H3,(H2,18,19,20). The topological polar surface area (TPSA) is 70.2 Å². The average molecular weight is 310 g/mol. The summed E-state index contributed by atoms with van der Waals surface area (Å²) in [4.78, 5) is 21.2. The molecular weight excluding hydrogens is 292 g/mol. The molecule has 118 valence electrons. The van der Waals surface area contributed by atoms with Crippen molar-refractivity contribution in [2.75, 3.05) is 31.4 Å². The summed E-state index contributed by atoms with van der Waals surface area (Å²) in [6.07, 6.45) is 0. The van der Waals surface area contributed by atoms with Gasteiger partial charge in [0.05, 0.1) is 23.7 Å². The van der Waals surface area contributed by atoms with Crippen LogP contribution >= 0.6 is 0 Å². The molecule has 0 saturated heterocycles. The fourth-order valence-corrected chi connectivity index (χ4v) is 2.29. The molecule has 0 bridgehead atoms. The Hall–Kier alpha value is -3.02. The van der Waals surface area contributed by atoms with Gasteiger partial charge in [-0.05, 0) is 42.5 Å². The van der Waals surface area contributed by atoms with Crippen molar-refractivity contribution in [3.8, 4) is 0 Å². The molecule has 1 aromatic heterocycles. The van der Waals surface area contributed by atoms with E-state index in [4.69, 9.17) is 4.74 Å². The van der Waals surface area contributed by atoms with Crippen molar-refractivity contribution in [2.24, 2.45) is 0 Å². The maximum Gasteiger partial charge on any atom is 0.337 e. The fraction of sp³-hybridized carbons (Fsp3) is 0.176. The highest BCUT2D eigenvalue weighted by Crippen LogP contribution is 2.21. The minimum atomic E-state index is -0.365.